The van der Waals surface area contributed by atoms with Gasteiger partial charge in [0.2, 0.25) is 0 Å². The average Bonchev–Trinajstić information content (AvgIpc) is 3.02. The summed E-state index contributed by atoms with van der Waals surface area (Å²) in [6, 6.07) is 5.14. The van der Waals surface area contributed by atoms with Gasteiger partial charge in [0.1, 0.15) is 0 Å². The quantitative estimate of drug-likeness (QED) is 0.714. The Kier molecular flexibility index (Phi) is 6.28. The second-order valence-corrected chi connectivity index (χ2v) is 9.34. The van der Waals surface area contributed by atoms with Gasteiger partial charge >= 0.3 is 5.69 Å². The SMILES string of the molecule is CCCO[C@H]1CC[C@H](N2CCC(n3c(=O)[nH]c4cc(Br)c(C)cc43)CC2)CC1. The lowest BCUT2D eigenvalue weighted by atomic mass is 9.90. The number of hydrogen-bond donors (Lipinski definition) is 1. The summed E-state index contributed by atoms with van der Waals surface area (Å²) in [7, 11) is 0. The fourth-order valence-corrected chi connectivity index (χ4v) is 5.33. The summed E-state index contributed by atoms with van der Waals surface area (Å²) in [6.45, 7) is 7.33. The van der Waals surface area contributed by atoms with Gasteiger partial charge in [-0.15, -0.1) is 0 Å². The van der Waals surface area contributed by atoms with Gasteiger partial charge in [0.05, 0.1) is 17.1 Å². The minimum absolute atomic E-state index is 0.0273. The highest BCUT2D eigenvalue weighted by molar-refractivity contribution is 9.10. The van der Waals surface area contributed by atoms with Gasteiger partial charge in [-0.25, -0.2) is 4.79 Å². The molecule has 1 N–H and O–H groups in total. The summed E-state index contributed by atoms with van der Waals surface area (Å²) in [5.41, 5.74) is 3.16. The van der Waals surface area contributed by atoms with Crippen LogP contribution < -0.4 is 5.69 Å². The maximum Gasteiger partial charge on any atom is 0.326 e. The number of rotatable bonds is 5. The van der Waals surface area contributed by atoms with E-state index < -0.39 is 0 Å². The molecule has 5 nitrogen and oxygen atoms in total. The summed E-state index contributed by atoms with van der Waals surface area (Å²) in [5.74, 6) is 0. The number of imidazole rings is 1. The summed E-state index contributed by atoms with van der Waals surface area (Å²) in [5, 5.41) is 0. The Morgan fingerprint density at radius 2 is 1.82 bits per heavy atom. The zero-order valence-corrected chi connectivity index (χ0v) is 18.6. The monoisotopic (exact) mass is 449 g/mol. The van der Waals surface area contributed by atoms with E-state index >= 15 is 0 Å². The van der Waals surface area contributed by atoms with Crippen LogP contribution in [0.3, 0.4) is 0 Å². The van der Waals surface area contributed by atoms with Crippen molar-refractivity contribution in [2.24, 2.45) is 0 Å². The third kappa shape index (κ3) is 4.10. The molecule has 4 rings (SSSR count). The predicted octanol–water partition coefficient (Wildman–Crippen LogP) is 4.78. The molecule has 1 saturated heterocycles. The molecule has 1 aromatic carbocycles. The number of piperidine rings is 1. The van der Waals surface area contributed by atoms with Gasteiger partial charge < -0.3 is 14.6 Å². The van der Waals surface area contributed by atoms with Crippen LogP contribution in [-0.4, -0.2) is 46.3 Å². The van der Waals surface area contributed by atoms with E-state index in [1.165, 1.54) is 31.2 Å². The molecule has 2 heterocycles. The van der Waals surface area contributed by atoms with E-state index in [9.17, 15) is 4.79 Å². The number of aromatic amines is 1. The van der Waals surface area contributed by atoms with Gasteiger partial charge in [-0.3, -0.25) is 4.57 Å². The van der Waals surface area contributed by atoms with Crippen molar-refractivity contribution in [3.8, 4) is 0 Å². The summed E-state index contributed by atoms with van der Waals surface area (Å²) >= 11 is 3.57. The van der Waals surface area contributed by atoms with Crippen LogP contribution in [0.15, 0.2) is 21.4 Å². The minimum atomic E-state index is 0.0273. The van der Waals surface area contributed by atoms with Crippen LogP contribution in [-0.2, 0) is 4.74 Å². The van der Waals surface area contributed by atoms with Crippen molar-refractivity contribution in [3.63, 3.8) is 0 Å². The van der Waals surface area contributed by atoms with E-state index in [-0.39, 0.29) is 5.69 Å². The molecule has 2 aliphatic rings. The molecule has 1 aromatic heterocycles. The number of benzene rings is 1. The van der Waals surface area contributed by atoms with Gasteiger partial charge in [-0.05, 0) is 69.6 Å². The molecule has 1 aliphatic heterocycles. The zero-order chi connectivity index (χ0) is 19.7. The van der Waals surface area contributed by atoms with Crippen LogP contribution in [0.1, 0.15) is 63.5 Å². The molecule has 1 aliphatic carbocycles. The van der Waals surface area contributed by atoms with Crippen LogP contribution in [0, 0.1) is 6.92 Å². The standard InChI is InChI=1S/C22H32BrN3O2/c1-3-12-28-18-6-4-16(5-7-18)25-10-8-17(9-11-25)26-21-13-15(2)19(23)14-20(21)24-22(26)27/h13-14,16-18H,3-12H2,1-2H3,(H,24,27)/t16-,18-. The number of nitrogens with one attached hydrogen (secondary N) is 1. The molecule has 154 valence electrons. The number of H-pyrrole nitrogens is 1. The molecular weight excluding hydrogens is 418 g/mol. The third-order valence-electron chi connectivity index (χ3n) is 6.58. The molecule has 0 bridgehead atoms. The number of aromatic nitrogens is 2. The molecule has 0 spiro atoms. The number of likely N-dealkylation sites (tertiary alicyclic amines) is 1. The van der Waals surface area contributed by atoms with Crippen LogP contribution in [0.4, 0.5) is 0 Å². The first-order chi connectivity index (χ1) is 13.6. The number of aryl methyl sites for hydroxylation is 1. The molecule has 2 aromatic rings. The van der Waals surface area contributed by atoms with Crippen molar-refractivity contribution in [2.75, 3.05) is 19.7 Å². The molecule has 2 fully saturated rings. The second kappa shape index (κ2) is 8.72. The Hall–Kier alpha value is -1.11. The zero-order valence-electron chi connectivity index (χ0n) is 17.0. The topological polar surface area (TPSA) is 50.3 Å². The molecular formula is C22H32BrN3O2. The van der Waals surface area contributed by atoms with Crippen LogP contribution in [0.25, 0.3) is 11.0 Å². The van der Waals surface area contributed by atoms with Crippen LogP contribution in [0.2, 0.25) is 0 Å². The Morgan fingerprint density at radius 3 is 2.50 bits per heavy atom. The lowest BCUT2D eigenvalue weighted by Gasteiger charge is -2.41. The van der Waals surface area contributed by atoms with Crippen LogP contribution in [0.5, 0.6) is 0 Å². The number of nitrogens with zero attached hydrogens (tertiary/aromatic N) is 2. The number of halogens is 1. The van der Waals surface area contributed by atoms with Gasteiger partial charge in [0.15, 0.2) is 0 Å². The highest BCUT2D eigenvalue weighted by Gasteiger charge is 2.30. The number of hydrogen-bond acceptors (Lipinski definition) is 3. The highest BCUT2D eigenvalue weighted by Crippen LogP contribution is 2.32. The van der Waals surface area contributed by atoms with Crippen molar-refractivity contribution in [1.29, 1.82) is 0 Å². The summed E-state index contributed by atoms with van der Waals surface area (Å²) < 4.78 is 8.99. The van der Waals surface area contributed by atoms with Crippen molar-refractivity contribution >= 4 is 27.0 Å². The lowest BCUT2D eigenvalue weighted by Crippen LogP contribution is -2.45. The second-order valence-electron chi connectivity index (χ2n) is 8.49. The van der Waals surface area contributed by atoms with E-state index in [1.807, 2.05) is 10.6 Å². The fourth-order valence-electron chi connectivity index (χ4n) is 4.98. The first-order valence-electron chi connectivity index (χ1n) is 10.8. The molecule has 6 heteroatoms. The first kappa shape index (κ1) is 20.2. The lowest BCUT2D eigenvalue weighted by molar-refractivity contribution is 0.00254. The Balaban J connectivity index is 1.39. The van der Waals surface area contributed by atoms with Crippen molar-refractivity contribution < 1.29 is 4.74 Å². The summed E-state index contributed by atoms with van der Waals surface area (Å²) in [6.07, 6.45) is 8.57. The highest BCUT2D eigenvalue weighted by atomic mass is 79.9. The Bertz CT molecular complexity index is 859. The van der Waals surface area contributed by atoms with Crippen LogP contribution >= 0.6 is 15.9 Å². The number of fused-ring (bicyclic) bond motifs is 1. The van der Waals surface area contributed by atoms with E-state index in [4.69, 9.17) is 4.74 Å². The molecule has 0 radical (unpaired) electrons. The van der Waals surface area contributed by atoms with E-state index in [2.05, 4.69) is 45.7 Å². The van der Waals surface area contributed by atoms with Gasteiger partial charge in [0.25, 0.3) is 0 Å². The largest absolute Gasteiger partial charge is 0.378 e. The normalized spacial score (nSPS) is 24.8. The van der Waals surface area contributed by atoms with E-state index in [0.29, 0.717) is 18.2 Å². The number of ether oxygens (including phenoxy) is 1. The maximum absolute atomic E-state index is 12.6. The third-order valence-corrected chi connectivity index (χ3v) is 7.43. The van der Waals surface area contributed by atoms with E-state index in [1.54, 1.807) is 0 Å². The average molecular weight is 450 g/mol. The Morgan fingerprint density at radius 1 is 1.11 bits per heavy atom. The first-order valence-corrected chi connectivity index (χ1v) is 11.6. The predicted molar refractivity (Wildman–Crippen MR) is 117 cm³/mol. The van der Waals surface area contributed by atoms with Crippen molar-refractivity contribution in [2.45, 2.75) is 77.0 Å². The molecule has 0 atom stereocenters. The van der Waals surface area contributed by atoms with Gasteiger partial charge in [0, 0.05) is 36.3 Å². The fraction of sp³-hybridized carbons (Fsp3) is 0.682. The van der Waals surface area contributed by atoms with Crippen molar-refractivity contribution in [1.82, 2.24) is 14.5 Å². The summed E-state index contributed by atoms with van der Waals surface area (Å²) in [4.78, 5) is 18.3. The molecule has 0 unspecified atom stereocenters. The molecule has 1 saturated carbocycles. The van der Waals surface area contributed by atoms with Crippen molar-refractivity contribution in [3.05, 3.63) is 32.7 Å². The van der Waals surface area contributed by atoms with Gasteiger partial charge in [-0.2, -0.15) is 0 Å². The Labute approximate surface area is 175 Å². The van der Waals surface area contributed by atoms with Gasteiger partial charge in [-0.1, -0.05) is 22.9 Å². The molecule has 28 heavy (non-hydrogen) atoms. The van der Waals surface area contributed by atoms with E-state index in [0.717, 1.165) is 54.5 Å². The minimum Gasteiger partial charge on any atom is -0.378 e. The smallest absolute Gasteiger partial charge is 0.326 e. The maximum atomic E-state index is 12.6. The molecule has 0 amide bonds.